The molecule has 1 atom stereocenters. The van der Waals surface area contributed by atoms with Gasteiger partial charge < -0.3 is 0 Å². The zero-order valence-corrected chi connectivity index (χ0v) is 5.70. The Labute approximate surface area is 58.4 Å². The van der Waals surface area contributed by atoms with Gasteiger partial charge in [0.1, 0.15) is 5.69 Å². The van der Waals surface area contributed by atoms with Crippen molar-refractivity contribution in [3.05, 3.63) is 11.4 Å². The molecule has 0 aliphatic carbocycles. The van der Waals surface area contributed by atoms with Crippen LogP contribution in [0.3, 0.4) is 0 Å². The van der Waals surface area contributed by atoms with Gasteiger partial charge in [-0.2, -0.15) is 0 Å². The molecule has 0 spiro atoms. The highest BCUT2D eigenvalue weighted by Gasteiger charge is 2.12. The maximum Gasteiger partial charge on any atom is 0.126 e. The average molecular weight is 136 g/mol. The van der Waals surface area contributed by atoms with E-state index in [2.05, 4.69) is 27.3 Å². The third kappa shape index (κ3) is 0.725. The van der Waals surface area contributed by atoms with E-state index in [1.165, 1.54) is 0 Å². The van der Waals surface area contributed by atoms with Gasteiger partial charge >= 0.3 is 0 Å². The van der Waals surface area contributed by atoms with Crippen molar-refractivity contribution < 1.29 is 0 Å². The SMILES string of the molecule is CC1Cc2[nH]nnc2C=N1. The number of aliphatic imine (C=N–C) groups is 1. The number of aromatic nitrogens is 3. The van der Waals surface area contributed by atoms with Gasteiger partial charge in [-0.25, -0.2) is 0 Å². The summed E-state index contributed by atoms with van der Waals surface area (Å²) >= 11 is 0. The van der Waals surface area contributed by atoms with Crippen LogP contribution in [0.2, 0.25) is 0 Å². The Kier molecular flexibility index (Phi) is 1.06. The summed E-state index contributed by atoms with van der Waals surface area (Å²) in [6.07, 6.45) is 2.70. The molecule has 1 unspecified atom stereocenters. The molecule has 2 heterocycles. The van der Waals surface area contributed by atoms with Crippen molar-refractivity contribution in [3.8, 4) is 0 Å². The van der Waals surface area contributed by atoms with Crippen molar-refractivity contribution in [2.45, 2.75) is 19.4 Å². The van der Waals surface area contributed by atoms with Crippen molar-refractivity contribution in [1.82, 2.24) is 15.4 Å². The Hall–Kier alpha value is -1.19. The summed E-state index contributed by atoms with van der Waals surface area (Å²) in [5.74, 6) is 0. The van der Waals surface area contributed by atoms with E-state index >= 15 is 0 Å². The van der Waals surface area contributed by atoms with Crippen LogP contribution < -0.4 is 0 Å². The molecule has 1 aromatic heterocycles. The second-order valence-corrected chi connectivity index (χ2v) is 2.51. The Morgan fingerprint density at radius 2 is 2.60 bits per heavy atom. The van der Waals surface area contributed by atoms with E-state index in [-0.39, 0.29) is 0 Å². The van der Waals surface area contributed by atoms with Gasteiger partial charge in [-0.3, -0.25) is 10.1 Å². The van der Waals surface area contributed by atoms with Crippen LogP contribution in [-0.4, -0.2) is 27.7 Å². The van der Waals surface area contributed by atoms with E-state index < -0.39 is 0 Å². The van der Waals surface area contributed by atoms with Crippen molar-refractivity contribution in [1.29, 1.82) is 0 Å². The lowest BCUT2D eigenvalue weighted by Crippen LogP contribution is -2.10. The molecule has 0 radical (unpaired) electrons. The molecule has 0 saturated heterocycles. The standard InChI is InChI=1S/C6H8N4/c1-4-2-5-6(3-7-4)9-10-8-5/h3-4H,2H2,1H3,(H,8,9,10). The molecular weight excluding hydrogens is 128 g/mol. The van der Waals surface area contributed by atoms with Gasteiger partial charge in [0.25, 0.3) is 0 Å². The van der Waals surface area contributed by atoms with E-state index in [0.29, 0.717) is 6.04 Å². The van der Waals surface area contributed by atoms with Crippen LogP contribution in [0.15, 0.2) is 4.99 Å². The fourth-order valence-corrected chi connectivity index (χ4v) is 1.06. The quantitative estimate of drug-likeness (QED) is 0.552. The predicted octanol–water partition coefficient (Wildman–Crippen LogP) is 0.168. The second-order valence-electron chi connectivity index (χ2n) is 2.51. The number of aromatic amines is 1. The first-order chi connectivity index (χ1) is 4.86. The highest BCUT2D eigenvalue weighted by atomic mass is 15.3. The molecule has 0 amide bonds. The second kappa shape index (κ2) is 1.90. The smallest absolute Gasteiger partial charge is 0.126 e. The number of rotatable bonds is 0. The van der Waals surface area contributed by atoms with Crippen LogP contribution >= 0.6 is 0 Å². The number of H-pyrrole nitrogens is 1. The number of nitrogens with one attached hydrogen (secondary N) is 1. The lowest BCUT2D eigenvalue weighted by atomic mass is 10.1. The minimum Gasteiger partial charge on any atom is -0.287 e. The first kappa shape index (κ1) is 5.58. The van der Waals surface area contributed by atoms with Gasteiger partial charge in [0, 0.05) is 6.42 Å². The molecule has 0 fully saturated rings. The minimum absolute atomic E-state index is 0.370. The molecule has 10 heavy (non-hydrogen) atoms. The molecule has 0 bridgehead atoms. The maximum atomic E-state index is 4.20. The topological polar surface area (TPSA) is 53.9 Å². The molecule has 0 aromatic carbocycles. The first-order valence-corrected chi connectivity index (χ1v) is 3.29. The summed E-state index contributed by atoms with van der Waals surface area (Å²) in [5, 5.41) is 10.3. The van der Waals surface area contributed by atoms with E-state index in [9.17, 15) is 0 Å². The molecule has 1 aromatic rings. The summed E-state index contributed by atoms with van der Waals surface area (Å²) in [7, 11) is 0. The molecule has 52 valence electrons. The summed E-state index contributed by atoms with van der Waals surface area (Å²) in [4.78, 5) is 4.20. The van der Waals surface area contributed by atoms with Gasteiger partial charge in [-0.05, 0) is 6.92 Å². The average Bonchev–Trinajstić information content (AvgIpc) is 2.33. The molecule has 1 aliphatic heterocycles. The zero-order chi connectivity index (χ0) is 6.97. The zero-order valence-electron chi connectivity index (χ0n) is 5.70. The molecule has 2 rings (SSSR count). The normalized spacial score (nSPS) is 22.7. The summed E-state index contributed by atoms with van der Waals surface area (Å²) in [6.45, 7) is 2.07. The number of hydrogen-bond donors (Lipinski definition) is 1. The molecule has 4 nitrogen and oxygen atoms in total. The van der Waals surface area contributed by atoms with Crippen LogP contribution in [0.4, 0.5) is 0 Å². The Balaban J connectivity index is 2.43. The van der Waals surface area contributed by atoms with Crippen LogP contribution in [0, 0.1) is 0 Å². The van der Waals surface area contributed by atoms with Gasteiger partial charge in [-0.15, -0.1) is 5.10 Å². The maximum absolute atomic E-state index is 4.20. The number of hydrogen-bond acceptors (Lipinski definition) is 3. The molecule has 1 aliphatic rings. The van der Waals surface area contributed by atoms with Gasteiger partial charge in [-0.1, -0.05) is 5.21 Å². The largest absolute Gasteiger partial charge is 0.287 e. The monoisotopic (exact) mass is 136 g/mol. The van der Waals surface area contributed by atoms with E-state index in [1.807, 2.05) is 0 Å². The Bertz CT molecular complexity index is 262. The highest BCUT2D eigenvalue weighted by molar-refractivity contribution is 5.79. The van der Waals surface area contributed by atoms with Crippen LogP contribution in [0.1, 0.15) is 18.3 Å². The molecular formula is C6H8N4. The van der Waals surface area contributed by atoms with E-state index in [4.69, 9.17) is 0 Å². The predicted molar refractivity (Wildman–Crippen MR) is 37.1 cm³/mol. The van der Waals surface area contributed by atoms with Gasteiger partial charge in [0.05, 0.1) is 18.0 Å². The third-order valence-corrected chi connectivity index (χ3v) is 1.60. The van der Waals surface area contributed by atoms with Crippen molar-refractivity contribution >= 4 is 6.21 Å². The molecule has 0 saturated carbocycles. The lowest BCUT2D eigenvalue weighted by Gasteiger charge is -2.07. The van der Waals surface area contributed by atoms with Crippen molar-refractivity contribution in [3.63, 3.8) is 0 Å². The van der Waals surface area contributed by atoms with Crippen LogP contribution in [0.5, 0.6) is 0 Å². The van der Waals surface area contributed by atoms with Crippen molar-refractivity contribution in [2.75, 3.05) is 0 Å². The summed E-state index contributed by atoms with van der Waals surface area (Å²) in [6, 6.07) is 0.370. The van der Waals surface area contributed by atoms with Crippen LogP contribution in [0.25, 0.3) is 0 Å². The van der Waals surface area contributed by atoms with Crippen LogP contribution in [-0.2, 0) is 6.42 Å². The summed E-state index contributed by atoms with van der Waals surface area (Å²) < 4.78 is 0. The minimum atomic E-state index is 0.370. The Morgan fingerprint density at radius 3 is 3.50 bits per heavy atom. The lowest BCUT2D eigenvalue weighted by molar-refractivity contribution is 0.714. The summed E-state index contributed by atoms with van der Waals surface area (Å²) in [5.41, 5.74) is 1.99. The van der Waals surface area contributed by atoms with Gasteiger partial charge in [0.2, 0.25) is 0 Å². The highest BCUT2D eigenvalue weighted by Crippen LogP contribution is 2.09. The molecule has 4 heteroatoms. The van der Waals surface area contributed by atoms with E-state index in [0.717, 1.165) is 17.8 Å². The van der Waals surface area contributed by atoms with Gasteiger partial charge in [0.15, 0.2) is 0 Å². The van der Waals surface area contributed by atoms with E-state index in [1.54, 1.807) is 6.21 Å². The number of nitrogens with zero attached hydrogens (tertiary/aromatic N) is 3. The fraction of sp³-hybridized carbons (Fsp3) is 0.500. The van der Waals surface area contributed by atoms with Crippen molar-refractivity contribution in [2.24, 2.45) is 4.99 Å². The first-order valence-electron chi connectivity index (χ1n) is 3.29. The molecule has 1 N–H and O–H groups in total. The third-order valence-electron chi connectivity index (χ3n) is 1.60. The number of fused-ring (bicyclic) bond motifs is 1. The fourth-order valence-electron chi connectivity index (χ4n) is 1.06. The Morgan fingerprint density at radius 1 is 1.70 bits per heavy atom.